The van der Waals surface area contributed by atoms with E-state index in [2.05, 4.69) is 6.92 Å². The molecule has 1 saturated heterocycles. The number of carbonyl (C=O) groups excluding carboxylic acids is 1. The minimum atomic E-state index is 0.0843. The van der Waals surface area contributed by atoms with Crippen LogP contribution in [0.5, 0.6) is 5.75 Å². The van der Waals surface area contributed by atoms with Gasteiger partial charge in [-0.25, -0.2) is 0 Å². The first-order chi connectivity index (χ1) is 11.6. The predicted octanol–water partition coefficient (Wildman–Crippen LogP) is 2.02. The van der Waals surface area contributed by atoms with Crippen molar-refractivity contribution < 1.29 is 14.4 Å². The number of quaternary nitrogens is 1. The Morgan fingerprint density at radius 2 is 1.96 bits per heavy atom. The van der Waals surface area contributed by atoms with Gasteiger partial charge >= 0.3 is 0 Å². The molecule has 0 unspecified atom stereocenters. The summed E-state index contributed by atoms with van der Waals surface area (Å²) in [6.45, 7) is 6.33. The van der Waals surface area contributed by atoms with Crippen LogP contribution in [-0.4, -0.2) is 49.6 Å². The average Bonchev–Trinajstić information content (AvgIpc) is 2.61. The van der Waals surface area contributed by atoms with E-state index < -0.39 is 0 Å². The van der Waals surface area contributed by atoms with Crippen LogP contribution in [-0.2, 0) is 4.79 Å². The number of hydrogen-bond acceptors (Lipinski definition) is 2. The van der Waals surface area contributed by atoms with Crippen LogP contribution in [0.4, 0.5) is 0 Å². The maximum atomic E-state index is 12.3. The van der Waals surface area contributed by atoms with E-state index in [1.807, 2.05) is 4.90 Å². The van der Waals surface area contributed by atoms with Gasteiger partial charge in [-0.15, -0.1) is 0 Å². The van der Waals surface area contributed by atoms with Crippen LogP contribution in [0.3, 0.4) is 0 Å². The Bertz CT molecular complexity index is 541. The van der Waals surface area contributed by atoms with E-state index in [-0.39, 0.29) is 12.5 Å². The van der Waals surface area contributed by atoms with Gasteiger partial charge in [-0.3, -0.25) is 4.79 Å². The van der Waals surface area contributed by atoms with Gasteiger partial charge in [0.05, 0.1) is 32.2 Å². The van der Waals surface area contributed by atoms with Crippen LogP contribution < -0.4 is 9.64 Å². The Morgan fingerprint density at radius 1 is 1.25 bits per heavy atom. The quantitative estimate of drug-likeness (QED) is 0.900. The van der Waals surface area contributed by atoms with Gasteiger partial charge in [0.15, 0.2) is 6.61 Å². The number of nitrogens with zero attached hydrogens (tertiary/aromatic N) is 1. The molecule has 0 radical (unpaired) electrons. The maximum absolute atomic E-state index is 12.3. The molecule has 3 rings (SSSR count). The van der Waals surface area contributed by atoms with Crippen LogP contribution in [0.1, 0.15) is 32.6 Å². The second kappa shape index (κ2) is 8.21. The number of carbonyl (C=O) groups is 1. The van der Waals surface area contributed by atoms with Gasteiger partial charge in [-0.2, -0.15) is 0 Å². The van der Waals surface area contributed by atoms with Crippen molar-refractivity contribution in [2.75, 3.05) is 32.8 Å². The van der Waals surface area contributed by atoms with Crippen molar-refractivity contribution in [3.63, 3.8) is 0 Å². The van der Waals surface area contributed by atoms with Gasteiger partial charge in [0.2, 0.25) is 0 Å². The monoisotopic (exact) mass is 351 g/mol. The standard InChI is InChI=1S/C19H27ClN2O2/c1-15-3-2-4-17(13-15)21-9-11-22(12-10-21)19(23)14-24-18-7-5-16(20)6-8-18/h5-8,15,17H,2-4,9-14H2,1H3/p+1/t15-,17+/m1/s1. The molecule has 24 heavy (non-hydrogen) atoms. The lowest BCUT2D eigenvalue weighted by Crippen LogP contribution is -3.18. The number of hydrogen-bond donors (Lipinski definition) is 1. The third-order valence-electron chi connectivity index (χ3n) is 5.45. The molecule has 0 bridgehead atoms. The lowest BCUT2D eigenvalue weighted by molar-refractivity contribution is -0.930. The first-order valence-corrected chi connectivity index (χ1v) is 9.50. The Kier molecular flexibility index (Phi) is 6.01. The number of amides is 1. The third-order valence-corrected chi connectivity index (χ3v) is 5.70. The lowest BCUT2D eigenvalue weighted by Gasteiger charge is -2.39. The fraction of sp³-hybridized carbons (Fsp3) is 0.632. The van der Waals surface area contributed by atoms with E-state index in [0.717, 1.165) is 38.1 Å². The fourth-order valence-corrected chi connectivity index (χ4v) is 4.15. The molecule has 132 valence electrons. The van der Waals surface area contributed by atoms with Gasteiger partial charge in [0.1, 0.15) is 5.75 Å². The average molecular weight is 352 g/mol. The van der Waals surface area contributed by atoms with E-state index in [9.17, 15) is 4.79 Å². The van der Waals surface area contributed by atoms with Crippen molar-refractivity contribution in [2.24, 2.45) is 5.92 Å². The summed E-state index contributed by atoms with van der Waals surface area (Å²) in [7, 11) is 0. The molecule has 2 fully saturated rings. The number of ether oxygens (including phenoxy) is 1. The van der Waals surface area contributed by atoms with Gasteiger partial charge in [0, 0.05) is 11.4 Å². The number of rotatable bonds is 4. The lowest BCUT2D eigenvalue weighted by atomic mass is 9.86. The first kappa shape index (κ1) is 17.6. The van der Waals surface area contributed by atoms with Crippen molar-refractivity contribution in [1.82, 2.24) is 4.90 Å². The molecule has 4 nitrogen and oxygen atoms in total. The van der Waals surface area contributed by atoms with E-state index in [1.54, 1.807) is 29.2 Å². The van der Waals surface area contributed by atoms with E-state index >= 15 is 0 Å². The topological polar surface area (TPSA) is 34.0 Å². The Balaban J connectivity index is 1.42. The Labute approximate surface area is 149 Å². The van der Waals surface area contributed by atoms with E-state index in [0.29, 0.717) is 10.8 Å². The minimum absolute atomic E-state index is 0.0843. The fourth-order valence-electron chi connectivity index (χ4n) is 4.02. The summed E-state index contributed by atoms with van der Waals surface area (Å²) >= 11 is 5.85. The number of piperazine rings is 1. The van der Waals surface area contributed by atoms with E-state index in [1.165, 1.54) is 25.7 Å². The summed E-state index contributed by atoms with van der Waals surface area (Å²) in [6, 6.07) is 7.93. The minimum Gasteiger partial charge on any atom is -0.484 e. The summed E-state index contributed by atoms with van der Waals surface area (Å²) < 4.78 is 5.58. The highest BCUT2D eigenvalue weighted by Gasteiger charge is 2.31. The second-order valence-corrected chi connectivity index (χ2v) is 7.69. The number of nitrogens with one attached hydrogen (secondary N) is 1. The van der Waals surface area contributed by atoms with Crippen molar-refractivity contribution in [3.8, 4) is 5.75 Å². The highest BCUT2D eigenvalue weighted by atomic mass is 35.5. The molecule has 2 aliphatic rings. The maximum Gasteiger partial charge on any atom is 0.260 e. The molecule has 1 aromatic carbocycles. The zero-order valence-electron chi connectivity index (χ0n) is 14.5. The van der Waals surface area contributed by atoms with Crippen molar-refractivity contribution >= 4 is 17.5 Å². The highest BCUT2D eigenvalue weighted by Crippen LogP contribution is 2.22. The second-order valence-electron chi connectivity index (χ2n) is 7.25. The molecule has 1 saturated carbocycles. The van der Waals surface area contributed by atoms with Crippen molar-refractivity contribution in [3.05, 3.63) is 29.3 Å². The molecule has 1 aliphatic heterocycles. The van der Waals surface area contributed by atoms with E-state index in [4.69, 9.17) is 16.3 Å². The molecule has 2 atom stereocenters. The molecule has 1 aromatic rings. The van der Waals surface area contributed by atoms with Crippen LogP contribution >= 0.6 is 11.6 Å². The van der Waals surface area contributed by atoms with Crippen molar-refractivity contribution in [1.29, 1.82) is 0 Å². The molecule has 5 heteroatoms. The summed E-state index contributed by atoms with van der Waals surface area (Å²) in [5, 5.41) is 0.671. The molecular weight excluding hydrogens is 324 g/mol. The Hall–Kier alpha value is -1.26. The molecule has 0 aromatic heterocycles. The summed E-state index contributed by atoms with van der Waals surface area (Å²) in [6.07, 6.45) is 5.46. The molecule has 1 heterocycles. The number of halogens is 1. The normalized spacial score (nSPS) is 25.5. The largest absolute Gasteiger partial charge is 0.484 e. The van der Waals surface area contributed by atoms with Gasteiger partial charge in [-0.1, -0.05) is 24.9 Å². The molecule has 1 aliphatic carbocycles. The van der Waals surface area contributed by atoms with Gasteiger partial charge in [-0.05, 0) is 43.0 Å². The van der Waals surface area contributed by atoms with Crippen molar-refractivity contribution in [2.45, 2.75) is 38.6 Å². The molecular formula is C19H28ClN2O2+. The summed E-state index contributed by atoms with van der Waals surface area (Å²) in [5.74, 6) is 1.64. The molecule has 0 spiro atoms. The number of benzene rings is 1. The van der Waals surface area contributed by atoms with Crippen LogP contribution in [0.2, 0.25) is 5.02 Å². The predicted molar refractivity (Wildman–Crippen MR) is 95.6 cm³/mol. The molecule has 1 amide bonds. The summed E-state index contributed by atoms with van der Waals surface area (Å²) in [4.78, 5) is 16.0. The van der Waals surface area contributed by atoms with Crippen LogP contribution in [0.25, 0.3) is 0 Å². The summed E-state index contributed by atoms with van der Waals surface area (Å²) in [5.41, 5.74) is 0. The SMILES string of the molecule is C[C@@H]1CCC[C@H]([NH+]2CCN(C(=O)COc3ccc(Cl)cc3)CC2)C1. The smallest absolute Gasteiger partial charge is 0.260 e. The zero-order valence-corrected chi connectivity index (χ0v) is 15.2. The first-order valence-electron chi connectivity index (χ1n) is 9.12. The van der Waals surface area contributed by atoms with Gasteiger partial charge in [0.25, 0.3) is 5.91 Å². The third kappa shape index (κ3) is 4.64. The molecule has 1 N–H and O–H groups in total. The highest BCUT2D eigenvalue weighted by molar-refractivity contribution is 6.30. The van der Waals surface area contributed by atoms with Crippen LogP contribution in [0.15, 0.2) is 24.3 Å². The van der Waals surface area contributed by atoms with Crippen LogP contribution in [0, 0.1) is 5.92 Å². The van der Waals surface area contributed by atoms with Gasteiger partial charge < -0.3 is 14.5 Å². The zero-order chi connectivity index (χ0) is 16.9. The Morgan fingerprint density at radius 3 is 2.62 bits per heavy atom.